The SMILES string of the molecule is CO[C@@H]1OC2COC(c3ccc4ccc5cccc6ccc3c4c56)OC2[C@H](O)[C@H]1O. The number of fused-ring (bicyclic) bond motifs is 1. The third kappa shape index (κ3) is 2.59. The predicted molar refractivity (Wildman–Crippen MR) is 111 cm³/mol. The van der Waals surface area contributed by atoms with Crippen molar-refractivity contribution in [3.63, 3.8) is 0 Å². The van der Waals surface area contributed by atoms with Crippen molar-refractivity contribution in [3.8, 4) is 0 Å². The molecular weight excluding hydrogens is 384 g/mol. The smallest absolute Gasteiger partial charge is 0.186 e. The van der Waals surface area contributed by atoms with Crippen LogP contribution in [0, 0.1) is 0 Å². The summed E-state index contributed by atoms with van der Waals surface area (Å²) >= 11 is 0. The van der Waals surface area contributed by atoms with Crippen LogP contribution in [0.4, 0.5) is 0 Å². The quantitative estimate of drug-likeness (QED) is 0.498. The highest BCUT2D eigenvalue weighted by Gasteiger charge is 2.49. The first-order valence-corrected chi connectivity index (χ1v) is 10.1. The maximum atomic E-state index is 10.6. The van der Waals surface area contributed by atoms with Crippen molar-refractivity contribution >= 4 is 32.3 Å². The lowest BCUT2D eigenvalue weighted by Gasteiger charge is -2.46. The zero-order chi connectivity index (χ0) is 20.4. The lowest BCUT2D eigenvalue weighted by molar-refractivity contribution is -0.358. The maximum Gasteiger partial charge on any atom is 0.186 e. The fraction of sp³-hybridized carbons (Fsp3) is 0.333. The molecule has 3 unspecified atom stereocenters. The van der Waals surface area contributed by atoms with Crippen LogP contribution in [0.25, 0.3) is 32.3 Å². The molecule has 4 aromatic carbocycles. The number of hydrogen-bond donors (Lipinski definition) is 2. The van der Waals surface area contributed by atoms with E-state index in [1.807, 2.05) is 6.07 Å². The fourth-order valence-electron chi connectivity index (χ4n) is 4.89. The van der Waals surface area contributed by atoms with Crippen molar-refractivity contribution in [3.05, 3.63) is 60.2 Å². The molecule has 0 bridgehead atoms. The molecule has 6 heteroatoms. The summed E-state index contributed by atoms with van der Waals surface area (Å²) in [5.74, 6) is 0. The second kappa shape index (κ2) is 6.85. The van der Waals surface area contributed by atoms with Gasteiger partial charge in [-0.05, 0) is 32.3 Å². The molecule has 2 aliphatic heterocycles. The first-order valence-electron chi connectivity index (χ1n) is 10.1. The Morgan fingerprint density at radius 3 is 2.30 bits per heavy atom. The van der Waals surface area contributed by atoms with Gasteiger partial charge in [0.1, 0.15) is 24.4 Å². The first-order chi connectivity index (χ1) is 14.7. The van der Waals surface area contributed by atoms with Crippen LogP contribution >= 0.6 is 0 Å². The normalized spacial score (nSPS) is 32.1. The Morgan fingerprint density at radius 1 is 0.833 bits per heavy atom. The third-order valence-corrected chi connectivity index (χ3v) is 6.38. The minimum absolute atomic E-state index is 0.237. The van der Waals surface area contributed by atoms with E-state index in [9.17, 15) is 10.2 Å². The van der Waals surface area contributed by atoms with Gasteiger partial charge in [-0.3, -0.25) is 0 Å². The zero-order valence-electron chi connectivity index (χ0n) is 16.4. The molecule has 0 radical (unpaired) electrons. The molecular formula is C24H22O6. The molecule has 0 aliphatic carbocycles. The summed E-state index contributed by atoms with van der Waals surface area (Å²) in [6, 6.07) is 18.9. The molecule has 6 nitrogen and oxygen atoms in total. The highest BCUT2D eigenvalue weighted by atomic mass is 16.7. The Bertz CT molecular complexity index is 1200. The van der Waals surface area contributed by atoms with Gasteiger partial charge >= 0.3 is 0 Å². The van der Waals surface area contributed by atoms with Crippen LogP contribution in [-0.4, -0.2) is 54.6 Å². The first kappa shape index (κ1) is 18.4. The largest absolute Gasteiger partial charge is 0.387 e. The van der Waals surface area contributed by atoms with Gasteiger partial charge in [0.25, 0.3) is 0 Å². The van der Waals surface area contributed by atoms with Gasteiger partial charge in [-0.2, -0.15) is 0 Å². The Morgan fingerprint density at radius 2 is 1.53 bits per heavy atom. The van der Waals surface area contributed by atoms with E-state index >= 15 is 0 Å². The molecule has 2 aliphatic rings. The van der Waals surface area contributed by atoms with E-state index in [0.29, 0.717) is 0 Å². The van der Waals surface area contributed by atoms with Crippen LogP contribution in [0.3, 0.4) is 0 Å². The summed E-state index contributed by atoms with van der Waals surface area (Å²) in [5, 5.41) is 27.9. The van der Waals surface area contributed by atoms with Crippen LogP contribution in [0.1, 0.15) is 11.9 Å². The van der Waals surface area contributed by atoms with Crippen molar-refractivity contribution in [2.24, 2.45) is 0 Å². The van der Waals surface area contributed by atoms with Crippen molar-refractivity contribution in [1.82, 2.24) is 0 Å². The summed E-state index contributed by atoms with van der Waals surface area (Å²) < 4.78 is 23.0. The van der Waals surface area contributed by atoms with Crippen LogP contribution in [0.5, 0.6) is 0 Å². The monoisotopic (exact) mass is 406 g/mol. The van der Waals surface area contributed by atoms with Crippen molar-refractivity contribution in [1.29, 1.82) is 0 Å². The summed E-state index contributed by atoms with van der Waals surface area (Å²) in [6.45, 7) is 0.237. The van der Waals surface area contributed by atoms with E-state index in [1.165, 1.54) is 28.7 Å². The second-order valence-electron chi connectivity index (χ2n) is 8.04. The van der Waals surface area contributed by atoms with Crippen LogP contribution in [-0.2, 0) is 18.9 Å². The minimum atomic E-state index is -1.18. The predicted octanol–water partition coefficient (Wildman–Crippen LogP) is 3.09. The number of methoxy groups -OCH3 is 1. The van der Waals surface area contributed by atoms with Gasteiger partial charge in [-0.1, -0.05) is 54.6 Å². The summed E-state index contributed by atoms with van der Waals surface area (Å²) in [4.78, 5) is 0. The van der Waals surface area contributed by atoms with E-state index in [0.717, 1.165) is 16.3 Å². The van der Waals surface area contributed by atoms with Gasteiger partial charge < -0.3 is 29.2 Å². The number of hydrogen-bond acceptors (Lipinski definition) is 6. The molecule has 4 aromatic rings. The number of rotatable bonds is 2. The molecule has 6 rings (SSSR count). The number of aliphatic hydroxyl groups excluding tert-OH is 2. The summed E-state index contributed by atoms with van der Waals surface area (Å²) in [6.07, 6.45) is -5.09. The minimum Gasteiger partial charge on any atom is -0.387 e. The van der Waals surface area contributed by atoms with Gasteiger partial charge in [0.2, 0.25) is 0 Å². The molecule has 154 valence electrons. The number of aliphatic hydroxyl groups is 2. The molecule has 2 fully saturated rings. The van der Waals surface area contributed by atoms with Crippen molar-refractivity contribution in [2.75, 3.05) is 13.7 Å². The Kier molecular flexibility index (Phi) is 4.21. The Hall–Kier alpha value is -2.32. The lowest BCUT2D eigenvalue weighted by Crippen LogP contribution is -2.62. The van der Waals surface area contributed by atoms with Crippen molar-refractivity contribution in [2.45, 2.75) is 37.0 Å². The molecule has 2 saturated heterocycles. The molecule has 30 heavy (non-hydrogen) atoms. The van der Waals surface area contributed by atoms with Gasteiger partial charge in [0.05, 0.1) is 6.61 Å². The van der Waals surface area contributed by atoms with E-state index in [1.54, 1.807) is 0 Å². The molecule has 0 aromatic heterocycles. The van der Waals surface area contributed by atoms with Gasteiger partial charge in [0, 0.05) is 12.7 Å². The molecule has 0 amide bonds. The van der Waals surface area contributed by atoms with Crippen molar-refractivity contribution < 1.29 is 29.2 Å². The Labute approximate surface area is 172 Å². The number of benzene rings is 4. The van der Waals surface area contributed by atoms with Gasteiger partial charge in [-0.15, -0.1) is 0 Å². The zero-order valence-corrected chi connectivity index (χ0v) is 16.4. The standard InChI is InChI=1S/C24H22O6/c1-27-24-21(26)20(25)22-17(29-24)11-28-23(30-22)16-10-8-14-6-5-12-3-2-4-13-7-9-15(16)19(14)18(12)13/h2-10,17,20-26H,11H2,1H3/t17?,20-,21-,22?,23?,24-/m1/s1. The molecule has 6 atom stereocenters. The highest BCUT2D eigenvalue weighted by molar-refractivity contribution is 6.23. The topological polar surface area (TPSA) is 77.4 Å². The van der Waals surface area contributed by atoms with Crippen LogP contribution in [0.15, 0.2) is 54.6 Å². The summed E-state index contributed by atoms with van der Waals surface area (Å²) in [5.41, 5.74) is 0.898. The van der Waals surface area contributed by atoms with Crippen LogP contribution in [0.2, 0.25) is 0 Å². The number of ether oxygens (including phenoxy) is 4. The van der Waals surface area contributed by atoms with Crippen LogP contribution < -0.4 is 0 Å². The molecule has 0 spiro atoms. The van der Waals surface area contributed by atoms with Gasteiger partial charge in [-0.25, -0.2) is 0 Å². The molecule has 0 saturated carbocycles. The molecule has 2 N–H and O–H groups in total. The average molecular weight is 406 g/mol. The lowest BCUT2D eigenvalue weighted by atomic mass is 9.91. The average Bonchev–Trinajstić information content (AvgIpc) is 2.79. The summed E-state index contributed by atoms with van der Waals surface area (Å²) in [7, 11) is 1.43. The Balaban J connectivity index is 1.43. The fourth-order valence-corrected chi connectivity index (χ4v) is 4.89. The van der Waals surface area contributed by atoms with E-state index < -0.39 is 37.0 Å². The third-order valence-electron chi connectivity index (χ3n) is 6.38. The van der Waals surface area contributed by atoms with Gasteiger partial charge in [0.15, 0.2) is 12.6 Å². The highest BCUT2D eigenvalue weighted by Crippen LogP contribution is 2.41. The maximum absolute atomic E-state index is 10.6. The second-order valence-corrected chi connectivity index (χ2v) is 8.04. The van der Waals surface area contributed by atoms with E-state index in [2.05, 4.69) is 48.5 Å². The van der Waals surface area contributed by atoms with E-state index in [-0.39, 0.29) is 6.61 Å². The molecule has 2 heterocycles. The van der Waals surface area contributed by atoms with E-state index in [4.69, 9.17) is 18.9 Å².